The van der Waals surface area contributed by atoms with Gasteiger partial charge in [0.05, 0.1) is 10.6 Å². The Bertz CT molecular complexity index is 1320. The van der Waals surface area contributed by atoms with E-state index in [1.165, 1.54) is 24.1 Å². The van der Waals surface area contributed by atoms with Gasteiger partial charge >= 0.3 is 0 Å². The van der Waals surface area contributed by atoms with Gasteiger partial charge in [0.15, 0.2) is 0 Å². The number of nitrogens with one attached hydrogen (secondary N) is 1. The summed E-state index contributed by atoms with van der Waals surface area (Å²) in [6.07, 6.45) is 0.585. The van der Waals surface area contributed by atoms with Crippen molar-refractivity contribution in [2.75, 3.05) is 17.9 Å². The number of nitrogens with zero attached hydrogens (tertiary/aromatic N) is 2. The second-order valence-corrected chi connectivity index (χ2v) is 11.0. The maximum absolute atomic E-state index is 13.8. The van der Waals surface area contributed by atoms with Crippen molar-refractivity contribution in [3.63, 3.8) is 0 Å². The Hall–Kier alpha value is -3.17. The van der Waals surface area contributed by atoms with Gasteiger partial charge in [0.25, 0.3) is 10.0 Å². The molecule has 0 unspecified atom stereocenters. The lowest BCUT2D eigenvalue weighted by atomic mass is 10.1. The number of para-hydroxylation sites is 1. The van der Waals surface area contributed by atoms with Crippen LogP contribution in [0.15, 0.2) is 88.2 Å². The van der Waals surface area contributed by atoms with Crippen LogP contribution < -0.4 is 9.62 Å². The number of sulfonamides is 1. The summed E-state index contributed by atoms with van der Waals surface area (Å²) in [5.41, 5.74) is 2.04. The van der Waals surface area contributed by atoms with Gasteiger partial charge in [-0.15, -0.1) is 0 Å². The molecule has 9 heteroatoms. The Morgan fingerprint density at radius 1 is 0.972 bits per heavy atom. The highest BCUT2D eigenvalue weighted by Gasteiger charge is 2.33. The van der Waals surface area contributed by atoms with Crippen molar-refractivity contribution >= 4 is 43.5 Å². The molecule has 0 aliphatic carbocycles. The molecule has 0 aliphatic rings. The van der Waals surface area contributed by atoms with Crippen molar-refractivity contribution in [3.05, 3.63) is 94.5 Å². The van der Waals surface area contributed by atoms with Crippen LogP contribution in [0.1, 0.15) is 25.0 Å². The van der Waals surface area contributed by atoms with Crippen LogP contribution in [-0.4, -0.2) is 44.8 Å². The number of likely N-dealkylation sites (N-methyl/N-ethyl adjacent to an activating group) is 1. The van der Waals surface area contributed by atoms with E-state index in [0.29, 0.717) is 12.1 Å². The molecule has 0 aromatic heterocycles. The number of hydrogen-bond donors (Lipinski definition) is 1. The molecule has 0 saturated heterocycles. The first-order chi connectivity index (χ1) is 17.2. The molecule has 0 saturated carbocycles. The normalized spacial score (nSPS) is 12.0. The molecule has 0 spiro atoms. The molecular weight excluding hydrogens is 542 g/mol. The van der Waals surface area contributed by atoms with Crippen molar-refractivity contribution in [3.8, 4) is 0 Å². The number of carbonyl (C=O) groups is 2. The Balaban J connectivity index is 2.06. The summed E-state index contributed by atoms with van der Waals surface area (Å²) in [6.45, 7) is 3.25. The second-order valence-electron chi connectivity index (χ2n) is 8.25. The molecule has 7 nitrogen and oxygen atoms in total. The average molecular weight is 573 g/mol. The number of anilines is 1. The van der Waals surface area contributed by atoms with Crippen LogP contribution in [0.5, 0.6) is 0 Å². The minimum Gasteiger partial charge on any atom is -0.357 e. The van der Waals surface area contributed by atoms with Gasteiger partial charge in [0.2, 0.25) is 11.8 Å². The van der Waals surface area contributed by atoms with Crippen LogP contribution in [0.2, 0.25) is 0 Å². The molecule has 3 aromatic carbocycles. The van der Waals surface area contributed by atoms with Gasteiger partial charge in [-0.1, -0.05) is 71.4 Å². The summed E-state index contributed by atoms with van der Waals surface area (Å²) in [5, 5.41) is 2.58. The fraction of sp³-hybridized carbons (Fsp3) is 0.259. The van der Waals surface area contributed by atoms with Crippen molar-refractivity contribution in [2.45, 2.75) is 37.8 Å². The summed E-state index contributed by atoms with van der Waals surface area (Å²) in [4.78, 5) is 27.8. The van der Waals surface area contributed by atoms with E-state index in [4.69, 9.17) is 0 Å². The second kappa shape index (κ2) is 12.2. The standard InChI is InChI=1S/C27H30BrN3O4S/c1-4-22-12-8-9-16-25(22)31(36(34,35)24-14-6-5-7-15-24)19-26(32)30(20(2)27(33)29-3)18-21-11-10-13-23(28)17-21/h5-17,20H,4,18-19H2,1-3H3,(H,29,33)/t20-/m0/s1. The molecule has 0 bridgehead atoms. The van der Waals surface area contributed by atoms with Gasteiger partial charge in [0.1, 0.15) is 12.6 Å². The summed E-state index contributed by atoms with van der Waals surface area (Å²) < 4.78 is 29.6. The predicted molar refractivity (Wildman–Crippen MR) is 145 cm³/mol. The maximum atomic E-state index is 13.8. The number of rotatable bonds is 10. The van der Waals surface area contributed by atoms with Gasteiger partial charge in [-0.05, 0) is 54.8 Å². The number of halogens is 1. The van der Waals surface area contributed by atoms with E-state index in [1.807, 2.05) is 43.3 Å². The predicted octanol–water partition coefficient (Wildman–Crippen LogP) is 4.37. The van der Waals surface area contributed by atoms with E-state index >= 15 is 0 Å². The van der Waals surface area contributed by atoms with Crippen molar-refractivity contribution in [1.29, 1.82) is 0 Å². The molecule has 190 valence electrons. The van der Waals surface area contributed by atoms with Crippen molar-refractivity contribution in [2.24, 2.45) is 0 Å². The van der Waals surface area contributed by atoms with Crippen molar-refractivity contribution < 1.29 is 18.0 Å². The third kappa shape index (κ3) is 6.33. The first-order valence-electron chi connectivity index (χ1n) is 11.6. The number of aryl methyl sites for hydroxylation is 1. The average Bonchev–Trinajstić information content (AvgIpc) is 2.89. The molecule has 3 aromatic rings. The van der Waals surface area contributed by atoms with Crippen LogP contribution in [0.3, 0.4) is 0 Å². The third-order valence-electron chi connectivity index (χ3n) is 5.91. The summed E-state index contributed by atoms with van der Waals surface area (Å²) in [7, 11) is -2.56. The van der Waals surface area contributed by atoms with E-state index in [-0.39, 0.29) is 17.3 Å². The summed E-state index contributed by atoms with van der Waals surface area (Å²) in [5.74, 6) is -0.832. The number of benzene rings is 3. The molecule has 36 heavy (non-hydrogen) atoms. The third-order valence-corrected chi connectivity index (χ3v) is 8.17. The topological polar surface area (TPSA) is 86.8 Å². The lowest BCUT2D eigenvalue weighted by Crippen LogP contribution is -2.50. The van der Waals surface area contributed by atoms with Gasteiger partial charge in [-0.25, -0.2) is 8.42 Å². The Kier molecular flexibility index (Phi) is 9.28. The minimum absolute atomic E-state index is 0.0848. The highest BCUT2D eigenvalue weighted by atomic mass is 79.9. The monoisotopic (exact) mass is 571 g/mol. The lowest BCUT2D eigenvalue weighted by Gasteiger charge is -2.32. The molecule has 0 fully saturated rings. The summed E-state index contributed by atoms with van der Waals surface area (Å²) >= 11 is 3.44. The van der Waals surface area contributed by atoms with Crippen LogP contribution in [0, 0.1) is 0 Å². The number of carbonyl (C=O) groups excluding carboxylic acids is 2. The van der Waals surface area contributed by atoms with Gasteiger partial charge < -0.3 is 10.2 Å². The van der Waals surface area contributed by atoms with E-state index in [2.05, 4.69) is 21.2 Å². The van der Waals surface area contributed by atoms with E-state index in [0.717, 1.165) is 19.9 Å². The van der Waals surface area contributed by atoms with E-state index in [1.54, 1.807) is 37.3 Å². The van der Waals surface area contributed by atoms with Crippen LogP contribution in [0.4, 0.5) is 5.69 Å². The fourth-order valence-corrected chi connectivity index (χ4v) is 5.83. The SMILES string of the molecule is CCc1ccccc1N(CC(=O)N(Cc1cccc(Br)c1)[C@@H](C)C(=O)NC)S(=O)(=O)c1ccccc1. The zero-order valence-electron chi connectivity index (χ0n) is 20.5. The molecule has 1 atom stereocenters. The number of amides is 2. The van der Waals surface area contributed by atoms with Crippen LogP contribution in [-0.2, 0) is 32.6 Å². The molecule has 3 rings (SSSR count). The smallest absolute Gasteiger partial charge is 0.264 e. The fourth-order valence-electron chi connectivity index (χ4n) is 3.91. The van der Waals surface area contributed by atoms with Gasteiger partial charge in [-0.3, -0.25) is 13.9 Å². The summed E-state index contributed by atoms with van der Waals surface area (Å²) in [6, 6.07) is 21.8. The van der Waals surface area contributed by atoms with E-state index < -0.39 is 28.5 Å². The van der Waals surface area contributed by atoms with Crippen LogP contribution >= 0.6 is 15.9 Å². The zero-order valence-corrected chi connectivity index (χ0v) is 22.9. The molecule has 0 radical (unpaired) electrons. The molecule has 2 amide bonds. The Morgan fingerprint density at radius 2 is 1.64 bits per heavy atom. The maximum Gasteiger partial charge on any atom is 0.264 e. The first kappa shape index (κ1) is 27.4. The molecular formula is C27H30BrN3O4S. The minimum atomic E-state index is -4.07. The Morgan fingerprint density at radius 3 is 2.28 bits per heavy atom. The molecule has 0 heterocycles. The molecule has 0 aliphatic heterocycles. The zero-order chi connectivity index (χ0) is 26.3. The highest BCUT2D eigenvalue weighted by molar-refractivity contribution is 9.10. The first-order valence-corrected chi connectivity index (χ1v) is 13.8. The molecule has 1 N–H and O–H groups in total. The quantitative estimate of drug-likeness (QED) is 0.391. The van der Waals surface area contributed by atoms with Crippen molar-refractivity contribution in [1.82, 2.24) is 10.2 Å². The number of hydrogen-bond acceptors (Lipinski definition) is 4. The largest absolute Gasteiger partial charge is 0.357 e. The highest BCUT2D eigenvalue weighted by Crippen LogP contribution is 2.28. The van der Waals surface area contributed by atoms with Gasteiger partial charge in [-0.2, -0.15) is 0 Å². The van der Waals surface area contributed by atoms with Gasteiger partial charge in [0, 0.05) is 18.1 Å². The Labute approximate surface area is 221 Å². The van der Waals surface area contributed by atoms with E-state index in [9.17, 15) is 18.0 Å². The van der Waals surface area contributed by atoms with Crippen LogP contribution in [0.25, 0.3) is 0 Å². The lowest BCUT2D eigenvalue weighted by molar-refractivity contribution is -0.139.